The van der Waals surface area contributed by atoms with E-state index in [2.05, 4.69) is 59.5 Å². The highest BCUT2D eigenvalue weighted by atomic mass is 35.5. The fourth-order valence-electron chi connectivity index (χ4n) is 20.5. The van der Waals surface area contributed by atoms with E-state index in [1.807, 2.05) is 132 Å². The number of piperazine rings is 3. The van der Waals surface area contributed by atoms with Gasteiger partial charge in [0.2, 0.25) is 17.7 Å². The monoisotopic (exact) mass is 1910 g/mol. The van der Waals surface area contributed by atoms with Crippen LogP contribution in [0.4, 0.5) is 47.3 Å². The summed E-state index contributed by atoms with van der Waals surface area (Å²) in [5.41, 5.74) is 9.21. The van der Waals surface area contributed by atoms with Crippen molar-refractivity contribution in [2.75, 3.05) is 123 Å². The summed E-state index contributed by atoms with van der Waals surface area (Å²) >= 11 is 20.7. The first kappa shape index (κ1) is 95.8. The number of hydrogen-bond donors (Lipinski definition) is 4. The molecule has 3 aromatic carbocycles. The van der Waals surface area contributed by atoms with Gasteiger partial charge in [0.15, 0.2) is 16.9 Å². The number of aromatic hydroxyl groups is 3. The largest absolute Gasteiger partial charge is 0.507 e. The Morgan fingerprint density at radius 2 is 0.809 bits per heavy atom. The summed E-state index contributed by atoms with van der Waals surface area (Å²) in [7, 11) is 5.91. The number of carbonyl (C=O) groups excluding carboxylic acids is 3. The molecule has 6 aliphatic heterocycles. The number of halogens is 6. The number of nitrogens with zero attached hydrogens (tertiary/aromatic N) is 18. The second-order valence-electron chi connectivity index (χ2n) is 37.0. The molecule has 6 unspecified atom stereocenters. The molecule has 6 aliphatic rings. The quantitative estimate of drug-likeness (QED) is 0.0653. The predicted octanol–water partition coefficient (Wildman–Crippen LogP) is 16.6. The molecule has 0 spiro atoms. The number of likely N-dealkylation sites (N-methyl/N-ethyl adjacent to an activating group) is 1. The number of fused-ring (bicyclic) bond motifs is 15. The van der Waals surface area contributed by atoms with Crippen LogP contribution >= 0.6 is 34.8 Å². The number of pyridine rings is 9. The van der Waals surface area contributed by atoms with Gasteiger partial charge in [-0.15, -0.1) is 0 Å². The second kappa shape index (κ2) is 38.1. The third kappa shape index (κ3) is 16.9. The van der Waals surface area contributed by atoms with E-state index in [9.17, 15) is 39.3 Å². The summed E-state index contributed by atoms with van der Waals surface area (Å²) in [6.45, 7) is 40.4. The van der Waals surface area contributed by atoms with E-state index in [1.54, 1.807) is 55.7 Å². The van der Waals surface area contributed by atoms with Gasteiger partial charge in [-0.1, -0.05) is 114 Å². The summed E-state index contributed by atoms with van der Waals surface area (Å²) < 4.78 is 50.4. The molecular formula is C102H109Cl3F3N19O9. The van der Waals surface area contributed by atoms with E-state index in [0.717, 1.165) is 29.7 Å². The second-order valence-corrected chi connectivity index (χ2v) is 38.2. The fraction of sp³-hybridized carbons (Fsp3) is 0.353. The Hall–Kier alpha value is -13.4. The molecule has 4 N–H and O–H groups in total. The normalized spacial score (nSPS) is 17.8. The van der Waals surface area contributed by atoms with Gasteiger partial charge in [-0.2, -0.15) is 0 Å². The number of phenolic OH excluding ortho intramolecular Hbond substituents is 3. The van der Waals surface area contributed by atoms with Crippen LogP contribution in [0.3, 0.4) is 0 Å². The fourth-order valence-corrected chi connectivity index (χ4v) is 21.2. The summed E-state index contributed by atoms with van der Waals surface area (Å²) in [5, 5.41) is 37.6. The van der Waals surface area contributed by atoms with Crippen molar-refractivity contribution >= 4 is 120 Å². The van der Waals surface area contributed by atoms with Crippen molar-refractivity contribution in [3.8, 4) is 68.1 Å². The van der Waals surface area contributed by atoms with Crippen molar-refractivity contribution < 1.29 is 42.9 Å². The van der Waals surface area contributed by atoms with E-state index in [0.29, 0.717) is 150 Å². The van der Waals surface area contributed by atoms with E-state index >= 15 is 18.0 Å². The van der Waals surface area contributed by atoms with Gasteiger partial charge in [-0.3, -0.25) is 57.4 Å². The van der Waals surface area contributed by atoms with Gasteiger partial charge in [0, 0.05) is 125 Å². The number of phenols is 3. The van der Waals surface area contributed by atoms with E-state index in [1.165, 1.54) is 77.4 Å². The topological polar surface area (TPSA) is 296 Å². The van der Waals surface area contributed by atoms with Gasteiger partial charge < -0.3 is 64.7 Å². The number of nitrogens with one attached hydrogen (secondary N) is 1. The maximum absolute atomic E-state index is 15.4. The summed E-state index contributed by atoms with van der Waals surface area (Å²) in [4.78, 5) is 129. The number of amides is 3. The lowest BCUT2D eigenvalue weighted by molar-refractivity contribution is -0.128. The van der Waals surface area contributed by atoms with E-state index < -0.39 is 17.5 Å². The Morgan fingerprint density at radius 1 is 0.471 bits per heavy atom. The van der Waals surface area contributed by atoms with Crippen LogP contribution in [0.2, 0.25) is 15.1 Å². The Morgan fingerprint density at radius 3 is 1.17 bits per heavy atom. The molecule has 708 valence electrons. The smallest absolute Gasteiger partial charge is 0.282 e. The van der Waals surface area contributed by atoms with Gasteiger partial charge in [0.1, 0.15) is 51.8 Å². The summed E-state index contributed by atoms with van der Waals surface area (Å²) in [5.74, 6) is -3.54. The Bertz CT molecular complexity index is 7050. The first-order valence-electron chi connectivity index (χ1n) is 45.4. The summed E-state index contributed by atoms with van der Waals surface area (Å²) in [6.07, 6.45) is 9.94. The minimum absolute atomic E-state index is 0.0141. The molecule has 3 saturated heterocycles. The van der Waals surface area contributed by atoms with Crippen molar-refractivity contribution in [3.05, 3.63) is 245 Å². The zero-order chi connectivity index (χ0) is 97.7. The van der Waals surface area contributed by atoms with Crippen LogP contribution in [0.5, 0.6) is 17.2 Å². The van der Waals surface area contributed by atoms with Crippen LogP contribution in [0, 0.1) is 38.2 Å². The highest BCUT2D eigenvalue weighted by Crippen LogP contribution is 2.51. The van der Waals surface area contributed by atoms with Crippen LogP contribution in [0.15, 0.2) is 162 Å². The molecule has 3 fully saturated rings. The lowest BCUT2D eigenvalue weighted by Gasteiger charge is -2.52. The lowest BCUT2D eigenvalue weighted by atomic mass is 9.97. The highest BCUT2D eigenvalue weighted by molar-refractivity contribution is 6.35. The van der Waals surface area contributed by atoms with Gasteiger partial charge in [-0.05, 0) is 194 Å². The molecule has 0 saturated carbocycles. The zero-order valence-corrected chi connectivity index (χ0v) is 80.8. The third-order valence-electron chi connectivity index (χ3n) is 26.4. The Kier molecular flexibility index (Phi) is 26.8. The number of rotatable bonds is 16. The number of hydrogen-bond acceptors (Lipinski definition) is 22. The van der Waals surface area contributed by atoms with Crippen molar-refractivity contribution in [1.82, 2.24) is 63.2 Å². The molecule has 6 atom stereocenters. The first-order valence-corrected chi connectivity index (χ1v) is 46.6. The van der Waals surface area contributed by atoms with Crippen molar-refractivity contribution in [3.63, 3.8) is 0 Å². The SMILES string of the molecule is C=CC(=O)N1CC(C)N2c3c(c(=O)n(-c4c(C)ccnc4C(C)C)c4nc(-c5c(O)cccc5F)c(Cl)cc34)N(C)CC2C1.C=CC(=O)N1CC(C)N2c3c(c(=O)n(-c4c(C)ccnc4C(C)C)c4nc(-c5c(O)cccc5F)c(Cl)cc34)N(CCCN(C)C)CC2C1.C=CC(=O)N1CC(C)N2c3c(c(=O)n(-c4c(C)ccnc4C(C)C)c4nc(-c5c(O)cccc5F)c(Cl)cc34)NCC2C1. The van der Waals surface area contributed by atoms with Crippen LogP contribution in [-0.2, 0) is 14.4 Å². The van der Waals surface area contributed by atoms with Gasteiger partial charge in [0.05, 0.1) is 118 Å². The number of anilines is 6. The standard InChI is InChI=1S/C37H43ClFN7O3.C33H34ClFN6O3.C32H32ClFN6O3/c1-8-29(48)44-18-23(5)45-24(20-44)19-43(16-10-15-42(6)7)35-34(45)25-17-26(38)32(30-27(39)11-9-12-28(30)47)41-36(25)46(37(35)49)33-22(4)13-14-40-31(33)21(2)3;1-7-25(43)39-14-19(5)40-20(16-39)15-38(6)31-30(40)21-13-22(34)28(26-23(35)9-8-10-24(26)42)37-32(21)41(33(31)44)29-18(4)11-12-36-27(29)17(2)3;1-6-24(42)38-14-18(5)39-19(15-38)13-36-28-30(39)20-12-21(33)27(25-22(34)8-7-9-23(25)41)37-31(20)40(32(28)43)29-17(4)10-11-35-26(29)16(2)3/h8-9,11-14,17,21,23-24,47H,1,10,15-16,18-20H2,2-7H3;7-13,17,19-20,42H,1,14-16H2,2-6H3;6-12,16,18-19,36,41H,1,13-15H2,2-5H3. The lowest BCUT2D eigenvalue weighted by Crippen LogP contribution is -2.65. The molecule has 34 heteroatoms. The summed E-state index contributed by atoms with van der Waals surface area (Å²) in [6, 6.07) is 21.8. The number of carbonyl (C=O) groups is 3. The van der Waals surface area contributed by atoms with Gasteiger partial charge >= 0.3 is 0 Å². The van der Waals surface area contributed by atoms with Crippen molar-refractivity contribution in [2.45, 2.75) is 144 Å². The molecule has 0 radical (unpaired) electrons. The van der Waals surface area contributed by atoms with Gasteiger partial charge in [-0.25, -0.2) is 28.1 Å². The molecule has 18 rings (SSSR count). The maximum Gasteiger partial charge on any atom is 0.282 e. The average Bonchev–Trinajstić information content (AvgIpc) is 0.707. The van der Waals surface area contributed by atoms with Crippen LogP contribution in [0.25, 0.3) is 83.9 Å². The minimum Gasteiger partial charge on any atom is -0.507 e. The van der Waals surface area contributed by atoms with Crippen molar-refractivity contribution in [2.24, 2.45) is 0 Å². The zero-order valence-electron chi connectivity index (χ0n) is 78.5. The highest BCUT2D eigenvalue weighted by Gasteiger charge is 2.47. The van der Waals surface area contributed by atoms with Gasteiger partial charge in [0.25, 0.3) is 16.7 Å². The number of benzene rings is 3. The minimum atomic E-state index is -0.695. The molecule has 0 bridgehead atoms. The molecule has 28 nitrogen and oxygen atoms in total. The molecule has 9 aromatic heterocycles. The van der Waals surface area contributed by atoms with Crippen LogP contribution < -0.4 is 46.5 Å². The average molecular weight is 1910 g/mol. The van der Waals surface area contributed by atoms with E-state index in [4.69, 9.17) is 54.7 Å². The van der Waals surface area contributed by atoms with Crippen molar-refractivity contribution in [1.29, 1.82) is 0 Å². The van der Waals surface area contributed by atoms with Crippen LogP contribution in [0.1, 0.15) is 120 Å². The molecule has 3 amide bonds. The van der Waals surface area contributed by atoms with Crippen LogP contribution in [-0.4, -0.2) is 226 Å². The Labute approximate surface area is 800 Å². The molecule has 15 heterocycles. The van der Waals surface area contributed by atoms with E-state index in [-0.39, 0.29) is 171 Å². The first-order chi connectivity index (χ1) is 64.8. The molecule has 0 aliphatic carbocycles. The number of aromatic nitrogens is 9. The molecule has 12 aromatic rings. The number of aryl methyl sites for hydroxylation is 3. The predicted molar refractivity (Wildman–Crippen MR) is 533 cm³/mol. The maximum atomic E-state index is 15.4. The molecular weight excluding hydrogens is 1800 g/mol. The molecule has 136 heavy (non-hydrogen) atoms. The Balaban J connectivity index is 0.000000148. The third-order valence-corrected chi connectivity index (χ3v) is 27.3.